The molecule has 0 atom stereocenters. The number of likely N-dealkylation sites (tertiary alicyclic amines) is 1. The van der Waals surface area contributed by atoms with Gasteiger partial charge in [-0.2, -0.15) is 5.10 Å². The Balaban J connectivity index is 2.18. The fourth-order valence-electron chi connectivity index (χ4n) is 2.83. The highest BCUT2D eigenvalue weighted by Crippen LogP contribution is 2.18. The van der Waals surface area contributed by atoms with Gasteiger partial charge in [0.2, 0.25) is 0 Å². The molecule has 5 nitrogen and oxygen atoms in total. The molecule has 1 aliphatic rings. The Morgan fingerprint density at radius 3 is 2.52 bits per heavy atom. The molecule has 3 rings (SSSR count). The highest BCUT2D eigenvalue weighted by Gasteiger charge is 2.24. The molecule has 5 heteroatoms. The summed E-state index contributed by atoms with van der Waals surface area (Å²) < 4.78 is 1.42. The second-order valence-corrected chi connectivity index (χ2v) is 5.42. The lowest BCUT2D eigenvalue weighted by molar-refractivity contribution is 0.0786. The van der Waals surface area contributed by atoms with Crippen LogP contribution in [0.25, 0.3) is 10.8 Å². The standard InChI is InChI=1S/C16H19N3O2/c1-2-9-19-15(20)13-8-4-3-7-12(13)14(17-19)16(21)18-10-5-6-11-18/h3-4,7-8H,2,5-6,9-11H2,1H3. The Morgan fingerprint density at radius 1 is 1.19 bits per heavy atom. The number of fused-ring (bicyclic) bond motifs is 1. The van der Waals surface area contributed by atoms with Crippen molar-refractivity contribution in [1.82, 2.24) is 14.7 Å². The van der Waals surface area contributed by atoms with Crippen molar-refractivity contribution in [1.29, 1.82) is 0 Å². The van der Waals surface area contributed by atoms with Gasteiger partial charge in [-0.15, -0.1) is 0 Å². The minimum atomic E-state index is -0.120. The molecule has 1 aliphatic heterocycles. The summed E-state index contributed by atoms with van der Waals surface area (Å²) in [4.78, 5) is 26.9. The molecule has 0 radical (unpaired) electrons. The summed E-state index contributed by atoms with van der Waals surface area (Å²) in [6.45, 7) is 4.08. The van der Waals surface area contributed by atoms with Crippen LogP contribution >= 0.6 is 0 Å². The zero-order valence-corrected chi connectivity index (χ0v) is 12.2. The number of nitrogens with zero attached hydrogens (tertiary/aromatic N) is 3. The van der Waals surface area contributed by atoms with Crippen LogP contribution in [-0.2, 0) is 6.54 Å². The van der Waals surface area contributed by atoms with Gasteiger partial charge in [0.15, 0.2) is 5.69 Å². The van der Waals surface area contributed by atoms with Gasteiger partial charge < -0.3 is 4.90 Å². The lowest BCUT2D eigenvalue weighted by Gasteiger charge is -2.16. The van der Waals surface area contributed by atoms with E-state index in [9.17, 15) is 9.59 Å². The Kier molecular flexibility index (Phi) is 3.73. The summed E-state index contributed by atoms with van der Waals surface area (Å²) >= 11 is 0. The van der Waals surface area contributed by atoms with Crippen molar-refractivity contribution in [3.8, 4) is 0 Å². The van der Waals surface area contributed by atoms with E-state index in [1.165, 1.54) is 4.68 Å². The third kappa shape index (κ3) is 2.44. The zero-order chi connectivity index (χ0) is 14.8. The summed E-state index contributed by atoms with van der Waals surface area (Å²) in [6.07, 6.45) is 2.89. The molecule has 0 N–H and O–H groups in total. The number of amides is 1. The predicted octanol–water partition coefficient (Wildman–Crippen LogP) is 2.04. The Bertz CT molecular complexity index is 730. The molecule has 0 saturated carbocycles. The highest BCUT2D eigenvalue weighted by molar-refractivity contribution is 6.04. The topological polar surface area (TPSA) is 55.2 Å². The molecule has 1 aromatic carbocycles. The first-order valence-corrected chi connectivity index (χ1v) is 7.51. The number of aryl methyl sites for hydroxylation is 1. The van der Waals surface area contributed by atoms with Crippen LogP contribution < -0.4 is 5.56 Å². The van der Waals surface area contributed by atoms with Gasteiger partial charge in [0.1, 0.15) is 0 Å². The lowest BCUT2D eigenvalue weighted by atomic mass is 10.1. The van der Waals surface area contributed by atoms with Gasteiger partial charge in [-0.25, -0.2) is 4.68 Å². The van der Waals surface area contributed by atoms with Crippen LogP contribution in [0.1, 0.15) is 36.7 Å². The van der Waals surface area contributed by atoms with Crippen LogP contribution in [0.4, 0.5) is 0 Å². The van der Waals surface area contributed by atoms with E-state index in [-0.39, 0.29) is 11.5 Å². The summed E-state index contributed by atoms with van der Waals surface area (Å²) in [5, 5.41) is 5.58. The van der Waals surface area contributed by atoms with Crippen LogP contribution in [0.15, 0.2) is 29.1 Å². The zero-order valence-electron chi connectivity index (χ0n) is 12.2. The van der Waals surface area contributed by atoms with Crippen molar-refractivity contribution in [3.63, 3.8) is 0 Å². The van der Waals surface area contributed by atoms with Crippen LogP contribution in [-0.4, -0.2) is 33.7 Å². The number of benzene rings is 1. The summed E-state index contributed by atoms with van der Waals surface area (Å²) in [5.74, 6) is -0.0615. The molecule has 0 bridgehead atoms. The number of rotatable bonds is 3. The molecule has 1 saturated heterocycles. The fourth-order valence-corrected chi connectivity index (χ4v) is 2.83. The number of aromatic nitrogens is 2. The summed E-state index contributed by atoms with van der Waals surface area (Å²) in [5.41, 5.74) is 0.283. The summed E-state index contributed by atoms with van der Waals surface area (Å²) in [7, 11) is 0. The normalized spacial score (nSPS) is 14.8. The van der Waals surface area contributed by atoms with Crippen LogP contribution in [0, 0.1) is 0 Å². The minimum Gasteiger partial charge on any atom is -0.337 e. The minimum absolute atomic E-state index is 0.0615. The van der Waals surface area contributed by atoms with E-state index in [1.54, 1.807) is 6.07 Å². The maximum absolute atomic E-state index is 12.7. The van der Waals surface area contributed by atoms with Crippen molar-refractivity contribution in [2.45, 2.75) is 32.7 Å². The van der Waals surface area contributed by atoms with E-state index in [0.717, 1.165) is 32.4 Å². The van der Waals surface area contributed by atoms with Gasteiger partial charge in [-0.05, 0) is 25.3 Å². The van der Waals surface area contributed by atoms with Gasteiger partial charge >= 0.3 is 0 Å². The number of hydrogen-bond acceptors (Lipinski definition) is 3. The first kappa shape index (κ1) is 13.8. The average Bonchev–Trinajstić information content (AvgIpc) is 3.04. The van der Waals surface area contributed by atoms with Crippen LogP contribution in [0.5, 0.6) is 0 Å². The van der Waals surface area contributed by atoms with E-state index in [1.807, 2.05) is 30.0 Å². The maximum atomic E-state index is 12.7. The predicted molar refractivity (Wildman–Crippen MR) is 81.4 cm³/mol. The number of carbonyl (C=O) groups is 1. The molecule has 21 heavy (non-hydrogen) atoms. The first-order valence-electron chi connectivity index (χ1n) is 7.51. The molecule has 110 valence electrons. The smallest absolute Gasteiger partial charge is 0.274 e. The van der Waals surface area contributed by atoms with E-state index in [4.69, 9.17) is 0 Å². The van der Waals surface area contributed by atoms with Gasteiger partial charge in [0.05, 0.1) is 5.39 Å². The lowest BCUT2D eigenvalue weighted by Crippen LogP contribution is -2.32. The second kappa shape index (κ2) is 5.68. The molecule has 1 fully saturated rings. The van der Waals surface area contributed by atoms with Crippen LogP contribution in [0.3, 0.4) is 0 Å². The Morgan fingerprint density at radius 2 is 1.86 bits per heavy atom. The van der Waals surface area contributed by atoms with Crippen LogP contribution in [0.2, 0.25) is 0 Å². The van der Waals surface area contributed by atoms with E-state index in [0.29, 0.717) is 23.0 Å². The first-order chi connectivity index (χ1) is 10.2. The highest BCUT2D eigenvalue weighted by atomic mass is 16.2. The average molecular weight is 285 g/mol. The third-order valence-electron chi connectivity index (χ3n) is 3.90. The monoisotopic (exact) mass is 285 g/mol. The largest absolute Gasteiger partial charge is 0.337 e. The van der Waals surface area contributed by atoms with Crippen molar-refractivity contribution < 1.29 is 4.79 Å². The Hall–Kier alpha value is -2.17. The van der Waals surface area contributed by atoms with Gasteiger partial charge in [-0.3, -0.25) is 9.59 Å². The second-order valence-electron chi connectivity index (χ2n) is 5.42. The third-order valence-corrected chi connectivity index (χ3v) is 3.90. The van der Waals surface area contributed by atoms with E-state index < -0.39 is 0 Å². The molecule has 0 unspecified atom stereocenters. The SMILES string of the molecule is CCCn1nc(C(=O)N2CCCC2)c2ccccc2c1=O. The quantitative estimate of drug-likeness (QED) is 0.867. The number of carbonyl (C=O) groups excluding carboxylic acids is 1. The van der Waals surface area contributed by atoms with Gasteiger partial charge in [-0.1, -0.05) is 25.1 Å². The molecule has 1 amide bonds. The fraction of sp³-hybridized carbons (Fsp3) is 0.438. The van der Waals surface area contributed by atoms with E-state index in [2.05, 4.69) is 5.10 Å². The van der Waals surface area contributed by atoms with Crippen molar-refractivity contribution in [2.24, 2.45) is 0 Å². The van der Waals surface area contributed by atoms with Crippen molar-refractivity contribution in [2.75, 3.05) is 13.1 Å². The molecule has 1 aromatic heterocycles. The van der Waals surface area contributed by atoms with E-state index >= 15 is 0 Å². The number of hydrogen-bond donors (Lipinski definition) is 0. The molecule has 0 spiro atoms. The van der Waals surface area contributed by atoms with Crippen molar-refractivity contribution >= 4 is 16.7 Å². The molecule has 2 heterocycles. The summed E-state index contributed by atoms with van der Waals surface area (Å²) in [6, 6.07) is 7.24. The maximum Gasteiger partial charge on any atom is 0.274 e. The van der Waals surface area contributed by atoms with Gasteiger partial charge in [0, 0.05) is 25.0 Å². The molecule has 2 aromatic rings. The molecular weight excluding hydrogens is 266 g/mol. The van der Waals surface area contributed by atoms with Crippen molar-refractivity contribution in [3.05, 3.63) is 40.3 Å². The Labute approximate surface area is 123 Å². The molecular formula is C16H19N3O2. The molecule has 0 aliphatic carbocycles. The van der Waals surface area contributed by atoms with Gasteiger partial charge in [0.25, 0.3) is 11.5 Å².